The second-order valence-corrected chi connectivity index (χ2v) is 8.54. The molecule has 0 radical (unpaired) electrons. The lowest BCUT2D eigenvalue weighted by Crippen LogP contribution is -2.57. The third-order valence-corrected chi connectivity index (χ3v) is 6.40. The van der Waals surface area contributed by atoms with Crippen LogP contribution in [-0.4, -0.2) is 73.4 Å². The Kier molecular flexibility index (Phi) is 7.75. The van der Waals surface area contributed by atoms with E-state index in [2.05, 4.69) is 10.6 Å². The molecule has 0 aliphatic carbocycles. The molecule has 1 aliphatic heterocycles. The number of carbonyl (C=O) groups excluding carboxylic acids is 4. The number of phenolic OH excluding ortho intramolecular Hbond substituents is 2. The predicted octanol–water partition coefficient (Wildman–Crippen LogP) is 1.15. The Balaban J connectivity index is 2.18. The van der Waals surface area contributed by atoms with Crippen LogP contribution in [0.5, 0.6) is 23.0 Å². The number of hydrogen-bond acceptors (Lipinski definition) is 10. The Morgan fingerprint density at radius 3 is 2.29 bits per heavy atom. The number of piperazine rings is 1. The van der Waals surface area contributed by atoms with Gasteiger partial charge >= 0.3 is 5.97 Å². The Morgan fingerprint density at radius 1 is 1.00 bits per heavy atom. The first-order chi connectivity index (χ1) is 16.6. The average Bonchev–Trinajstić information content (AvgIpc) is 2.82. The first-order valence-electron chi connectivity index (χ1n) is 10.3. The highest BCUT2D eigenvalue weighted by Gasteiger charge is 2.34. The number of hydrogen-bond donors (Lipinski definition) is 4. The number of aromatic hydroxyl groups is 2. The highest BCUT2D eigenvalue weighted by atomic mass is 32.2. The number of aryl methyl sites for hydroxylation is 1. The van der Waals surface area contributed by atoms with Gasteiger partial charge in [-0.25, -0.2) is 4.79 Å². The first-order valence-corrected chi connectivity index (χ1v) is 11.3. The van der Waals surface area contributed by atoms with E-state index in [1.165, 1.54) is 26.4 Å². The number of nitrogens with one attached hydrogen (secondary N) is 2. The molecule has 186 valence electrons. The number of rotatable bonds is 8. The van der Waals surface area contributed by atoms with Gasteiger partial charge in [-0.15, -0.1) is 11.8 Å². The Hall–Kier alpha value is -3.93. The van der Waals surface area contributed by atoms with Crippen LogP contribution in [0.25, 0.3) is 0 Å². The molecule has 11 nitrogen and oxygen atoms in total. The quantitative estimate of drug-likeness (QED) is 0.233. The zero-order valence-corrected chi connectivity index (χ0v) is 20.2. The first kappa shape index (κ1) is 25.7. The topological polar surface area (TPSA) is 160 Å². The smallest absolute Gasteiger partial charge is 0.340 e. The third kappa shape index (κ3) is 5.11. The van der Waals surface area contributed by atoms with Crippen molar-refractivity contribution in [3.8, 4) is 23.0 Å². The third-order valence-electron chi connectivity index (χ3n) is 5.20. The van der Waals surface area contributed by atoms with Crippen molar-refractivity contribution >= 4 is 35.3 Å². The van der Waals surface area contributed by atoms with Crippen molar-refractivity contribution in [1.29, 1.82) is 0 Å². The summed E-state index contributed by atoms with van der Waals surface area (Å²) in [4.78, 5) is 50.3. The second-order valence-electron chi connectivity index (χ2n) is 7.51. The maximum atomic E-state index is 13.7. The van der Waals surface area contributed by atoms with Gasteiger partial charge in [0.1, 0.15) is 34.6 Å². The van der Waals surface area contributed by atoms with E-state index in [0.29, 0.717) is 5.56 Å². The normalized spacial score (nSPS) is 15.1. The summed E-state index contributed by atoms with van der Waals surface area (Å²) in [5.41, 5.74) is -0.203. The van der Waals surface area contributed by atoms with Gasteiger partial charge in [-0.3, -0.25) is 14.4 Å². The van der Waals surface area contributed by atoms with Gasteiger partial charge in [0.15, 0.2) is 0 Å². The lowest BCUT2D eigenvalue weighted by molar-refractivity contribution is -0.133. The van der Waals surface area contributed by atoms with Crippen molar-refractivity contribution in [2.45, 2.75) is 17.9 Å². The number of methoxy groups -OCH3 is 3. The van der Waals surface area contributed by atoms with Crippen LogP contribution in [0.1, 0.15) is 31.8 Å². The van der Waals surface area contributed by atoms with Crippen LogP contribution in [-0.2, 0) is 14.3 Å². The number of benzene rings is 2. The zero-order chi connectivity index (χ0) is 25.9. The summed E-state index contributed by atoms with van der Waals surface area (Å²) in [5.74, 6) is -3.54. The van der Waals surface area contributed by atoms with Gasteiger partial charge in [0.05, 0.1) is 43.9 Å². The molecule has 1 fully saturated rings. The molecule has 2 aromatic rings. The monoisotopic (exact) mass is 504 g/mol. The van der Waals surface area contributed by atoms with Gasteiger partial charge < -0.3 is 35.1 Å². The van der Waals surface area contributed by atoms with Crippen LogP contribution in [0.2, 0.25) is 0 Å². The fourth-order valence-electron chi connectivity index (χ4n) is 3.59. The van der Waals surface area contributed by atoms with E-state index in [9.17, 15) is 29.4 Å². The van der Waals surface area contributed by atoms with E-state index in [1.54, 1.807) is 6.92 Å². The van der Waals surface area contributed by atoms with Crippen LogP contribution in [0.15, 0.2) is 23.1 Å². The lowest BCUT2D eigenvalue weighted by Gasteiger charge is -2.24. The van der Waals surface area contributed by atoms with Crippen molar-refractivity contribution in [2.75, 3.05) is 33.6 Å². The van der Waals surface area contributed by atoms with Gasteiger partial charge in [0.2, 0.25) is 17.6 Å². The summed E-state index contributed by atoms with van der Waals surface area (Å²) in [6, 6.07) is 3.10. The summed E-state index contributed by atoms with van der Waals surface area (Å²) < 4.78 is 15.4. The van der Waals surface area contributed by atoms with E-state index in [0.717, 1.165) is 24.9 Å². The van der Waals surface area contributed by atoms with E-state index >= 15 is 0 Å². The number of amides is 2. The van der Waals surface area contributed by atoms with Crippen LogP contribution >= 0.6 is 11.8 Å². The summed E-state index contributed by atoms with van der Waals surface area (Å²) in [6.45, 7) is 1.55. The molecular formula is C23H24N2O9S. The molecular weight excluding hydrogens is 480 g/mol. The minimum atomic E-state index is -0.965. The molecule has 4 N–H and O–H groups in total. The standard InChI is InChI=1S/C23H24N2O9S/c1-10-5-12(26)17(14(6-10)32-2)20(29)18-15(33-3)7-13(27)21(19(18)23(31)34-4)35-9-11-22(30)24-8-16(28)25-11/h5-7,11,26-27H,8-9H2,1-4H3,(H,24,30)(H,25,28)/t11-/m1/s1. The Morgan fingerprint density at radius 2 is 1.66 bits per heavy atom. The van der Waals surface area contributed by atoms with E-state index in [1.807, 2.05) is 0 Å². The summed E-state index contributed by atoms with van der Waals surface area (Å²) in [5, 5.41) is 26.2. The Labute approximate surface area is 204 Å². The number of thioether (sulfide) groups is 1. The van der Waals surface area contributed by atoms with Crippen molar-refractivity contribution in [3.63, 3.8) is 0 Å². The second kappa shape index (κ2) is 10.6. The molecule has 0 spiro atoms. The van der Waals surface area contributed by atoms with E-state index in [4.69, 9.17) is 14.2 Å². The van der Waals surface area contributed by atoms with Gasteiger partial charge in [0, 0.05) is 11.8 Å². The molecule has 2 aromatic carbocycles. The van der Waals surface area contributed by atoms with E-state index in [-0.39, 0.29) is 57.0 Å². The van der Waals surface area contributed by atoms with Gasteiger partial charge in [-0.1, -0.05) is 0 Å². The number of phenols is 2. The molecule has 12 heteroatoms. The fourth-order valence-corrected chi connectivity index (χ4v) is 4.70. The summed E-state index contributed by atoms with van der Waals surface area (Å²) in [7, 11) is 3.67. The van der Waals surface area contributed by atoms with Crippen LogP contribution < -0.4 is 20.1 Å². The maximum absolute atomic E-state index is 13.7. The number of ketones is 1. The average molecular weight is 505 g/mol. The van der Waals surface area contributed by atoms with E-state index < -0.39 is 29.5 Å². The van der Waals surface area contributed by atoms with Crippen LogP contribution in [0.4, 0.5) is 0 Å². The van der Waals surface area contributed by atoms with Crippen LogP contribution in [0.3, 0.4) is 0 Å². The highest BCUT2D eigenvalue weighted by Crippen LogP contribution is 2.43. The number of carbonyl (C=O) groups is 4. The fraction of sp³-hybridized carbons (Fsp3) is 0.304. The largest absolute Gasteiger partial charge is 0.507 e. The SMILES string of the molecule is COC(=O)c1c(SC[C@H]2NC(=O)CNC2=O)c(O)cc(OC)c1C(=O)c1c(O)cc(C)cc1OC. The Bertz CT molecular complexity index is 1210. The lowest BCUT2D eigenvalue weighted by atomic mass is 9.94. The summed E-state index contributed by atoms with van der Waals surface area (Å²) in [6.07, 6.45) is 0. The van der Waals surface area contributed by atoms with Crippen molar-refractivity contribution in [3.05, 3.63) is 40.5 Å². The van der Waals surface area contributed by atoms with Gasteiger partial charge in [-0.05, 0) is 24.6 Å². The predicted molar refractivity (Wildman–Crippen MR) is 124 cm³/mol. The summed E-state index contributed by atoms with van der Waals surface area (Å²) >= 11 is 0.864. The molecule has 35 heavy (non-hydrogen) atoms. The molecule has 1 heterocycles. The molecule has 1 aliphatic rings. The molecule has 1 saturated heterocycles. The molecule has 2 amide bonds. The highest BCUT2D eigenvalue weighted by molar-refractivity contribution is 7.99. The zero-order valence-electron chi connectivity index (χ0n) is 19.4. The molecule has 0 saturated carbocycles. The van der Waals surface area contributed by atoms with Crippen molar-refractivity contribution in [1.82, 2.24) is 10.6 Å². The molecule has 1 atom stereocenters. The minimum Gasteiger partial charge on any atom is -0.507 e. The van der Waals surface area contributed by atoms with Crippen molar-refractivity contribution < 1.29 is 43.6 Å². The molecule has 0 bridgehead atoms. The van der Waals surface area contributed by atoms with Gasteiger partial charge in [-0.2, -0.15) is 0 Å². The van der Waals surface area contributed by atoms with Crippen molar-refractivity contribution in [2.24, 2.45) is 0 Å². The number of ether oxygens (including phenoxy) is 3. The van der Waals surface area contributed by atoms with Gasteiger partial charge in [0.25, 0.3) is 0 Å². The number of esters is 1. The maximum Gasteiger partial charge on any atom is 0.340 e. The van der Waals surface area contributed by atoms with Crippen LogP contribution in [0, 0.1) is 6.92 Å². The molecule has 0 unspecified atom stereocenters. The molecule has 3 rings (SSSR count). The molecule has 0 aromatic heterocycles. The minimum absolute atomic E-state index is 0.0613.